The number of methoxy groups -OCH3 is 1. The van der Waals surface area contributed by atoms with Gasteiger partial charge in [0, 0.05) is 18.7 Å². The zero-order valence-corrected chi connectivity index (χ0v) is 25.4. The van der Waals surface area contributed by atoms with Gasteiger partial charge in [-0.05, 0) is 68.3 Å². The first-order valence-corrected chi connectivity index (χ1v) is 14.9. The van der Waals surface area contributed by atoms with Gasteiger partial charge in [0.15, 0.2) is 4.80 Å². The molecule has 5 rings (SSSR count). The minimum absolute atomic E-state index is 0.145. The molecule has 1 aromatic heterocycles. The highest BCUT2D eigenvalue weighted by Crippen LogP contribution is 2.36. The van der Waals surface area contributed by atoms with E-state index in [1.807, 2.05) is 87.5 Å². The molecule has 0 saturated carbocycles. The number of rotatable bonds is 9. The number of fused-ring (bicyclic) bond motifs is 1. The van der Waals surface area contributed by atoms with Gasteiger partial charge in [0.05, 0.1) is 34.5 Å². The number of aromatic nitrogens is 1. The van der Waals surface area contributed by atoms with E-state index in [9.17, 15) is 9.59 Å². The molecule has 8 nitrogen and oxygen atoms in total. The van der Waals surface area contributed by atoms with Gasteiger partial charge in [0.1, 0.15) is 24.1 Å². The van der Waals surface area contributed by atoms with Crippen LogP contribution in [0.4, 0.5) is 0 Å². The summed E-state index contributed by atoms with van der Waals surface area (Å²) in [4.78, 5) is 34.8. The van der Waals surface area contributed by atoms with E-state index in [-0.39, 0.29) is 11.5 Å². The summed E-state index contributed by atoms with van der Waals surface area (Å²) in [5.74, 6) is 1.14. The van der Waals surface area contributed by atoms with Crippen molar-refractivity contribution in [1.29, 1.82) is 5.26 Å². The van der Waals surface area contributed by atoms with Crippen molar-refractivity contribution in [3.63, 3.8) is 0 Å². The van der Waals surface area contributed by atoms with Crippen LogP contribution in [-0.4, -0.2) is 35.6 Å². The first-order valence-electron chi connectivity index (χ1n) is 14.0. The van der Waals surface area contributed by atoms with Crippen LogP contribution in [0, 0.1) is 11.3 Å². The molecule has 0 bridgehead atoms. The van der Waals surface area contributed by atoms with Crippen LogP contribution in [0.25, 0.3) is 6.08 Å². The molecule has 0 saturated heterocycles. The number of carbonyl (C=O) groups excluding carboxylic acids is 1. The van der Waals surface area contributed by atoms with E-state index < -0.39 is 6.04 Å². The fraction of sp³-hybridized carbons (Fsp3) is 0.235. The topological polar surface area (TPSA) is 96.9 Å². The predicted octanol–water partition coefficient (Wildman–Crippen LogP) is 4.56. The Bertz CT molecular complexity index is 1890. The highest BCUT2D eigenvalue weighted by atomic mass is 32.1. The fourth-order valence-corrected chi connectivity index (χ4v) is 6.16. The number of ether oxygens (including phenoxy) is 2. The Morgan fingerprint density at radius 1 is 1.07 bits per heavy atom. The van der Waals surface area contributed by atoms with Crippen molar-refractivity contribution in [1.82, 2.24) is 9.47 Å². The van der Waals surface area contributed by atoms with Crippen molar-refractivity contribution in [3.05, 3.63) is 126 Å². The Balaban J connectivity index is 1.51. The Hall–Kier alpha value is -4.94. The molecule has 218 valence electrons. The molecular weight excluding hydrogens is 560 g/mol. The molecule has 0 fully saturated rings. The largest absolute Gasteiger partial charge is 0.496 e. The number of nitriles is 1. The number of amides is 1. The minimum atomic E-state index is -0.680. The van der Waals surface area contributed by atoms with Crippen molar-refractivity contribution in [3.8, 4) is 17.6 Å². The van der Waals surface area contributed by atoms with Crippen LogP contribution in [0.5, 0.6) is 11.5 Å². The first kappa shape index (κ1) is 29.5. The summed E-state index contributed by atoms with van der Waals surface area (Å²) in [7, 11) is 1.59. The molecule has 2 heterocycles. The summed E-state index contributed by atoms with van der Waals surface area (Å²) in [5, 5.41) is 8.97. The summed E-state index contributed by atoms with van der Waals surface area (Å²) in [6, 6.07) is 23.7. The molecule has 0 N–H and O–H groups in total. The van der Waals surface area contributed by atoms with Crippen LogP contribution in [0.2, 0.25) is 0 Å². The zero-order valence-electron chi connectivity index (χ0n) is 24.5. The molecule has 3 aromatic carbocycles. The second-order valence-corrected chi connectivity index (χ2v) is 11.0. The van der Waals surface area contributed by atoms with Crippen LogP contribution >= 0.6 is 11.3 Å². The number of hydrogen-bond acceptors (Lipinski definition) is 7. The molecule has 0 aliphatic carbocycles. The number of likely N-dealkylation sites (N-methyl/N-ethyl adjacent to an activating group) is 1. The third-order valence-electron chi connectivity index (χ3n) is 7.40. The monoisotopic (exact) mass is 592 g/mol. The van der Waals surface area contributed by atoms with Gasteiger partial charge in [0.2, 0.25) is 0 Å². The van der Waals surface area contributed by atoms with Crippen molar-refractivity contribution in [2.24, 2.45) is 4.99 Å². The number of para-hydroxylation sites is 1. The number of allylic oxidation sites excluding steroid dienone is 1. The number of hydrogen-bond donors (Lipinski definition) is 0. The van der Waals surface area contributed by atoms with Gasteiger partial charge in [0.25, 0.3) is 11.5 Å². The van der Waals surface area contributed by atoms with Gasteiger partial charge in [-0.3, -0.25) is 14.2 Å². The van der Waals surface area contributed by atoms with Gasteiger partial charge >= 0.3 is 0 Å². The fourth-order valence-electron chi connectivity index (χ4n) is 5.12. The first-order chi connectivity index (χ1) is 20.9. The summed E-state index contributed by atoms with van der Waals surface area (Å²) in [6.45, 7) is 7.17. The number of nitrogens with zero attached hydrogens (tertiary/aromatic N) is 4. The Morgan fingerprint density at radius 2 is 1.77 bits per heavy atom. The molecule has 1 aliphatic heterocycles. The lowest BCUT2D eigenvalue weighted by atomic mass is 9.94. The summed E-state index contributed by atoms with van der Waals surface area (Å²) >= 11 is 1.29. The molecule has 0 radical (unpaired) electrons. The van der Waals surface area contributed by atoms with Crippen molar-refractivity contribution >= 4 is 23.3 Å². The van der Waals surface area contributed by atoms with Crippen molar-refractivity contribution in [2.45, 2.75) is 33.4 Å². The van der Waals surface area contributed by atoms with Crippen molar-refractivity contribution < 1.29 is 14.3 Å². The maximum absolute atomic E-state index is 14.0. The maximum atomic E-state index is 14.0. The third kappa shape index (κ3) is 6.01. The standard InChI is InChI=1S/C34H32N4O4S/c1-5-37(6-2)33(40)30-22(3)36-34-38(31(30)27-9-7-8-10-28(27)41-4)32(39)29(43-34)19-23-15-17-26(18-16-23)42-21-25-13-11-24(20-35)12-14-25/h7-19,31H,5-6,21H2,1-4H3/b29-19+/t31-/m1/s1. The number of carbonyl (C=O) groups is 1. The van der Waals surface area contributed by atoms with Crippen molar-refractivity contribution in [2.75, 3.05) is 20.2 Å². The Morgan fingerprint density at radius 3 is 2.42 bits per heavy atom. The van der Waals surface area contributed by atoms with E-state index in [0.29, 0.717) is 57.4 Å². The number of thiazole rings is 1. The Kier molecular flexibility index (Phi) is 8.88. The van der Waals surface area contributed by atoms with E-state index in [1.54, 1.807) is 28.7 Å². The number of benzene rings is 3. The van der Waals surface area contributed by atoms with E-state index in [1.165, 1.54) is 11.3 Å². The molecule has 9 heteroatoms. The summed E-state index contributed by atoms with van der Waals surface area (Å²) in [6.07, 6.45) is 1.83. The van der Waals surface area contributed by atoms with Gasteiger partial charge < -0.3 is 14.4 Å². The molecule has 1 amide bonds. The van der Waals surface area contributed by atoms with E-state index in [4.69, 9.17) is 19.7 Å². The van der Waals surface area contributed by atoms with Crippen LogP contribution in [0.1, 0.15) is 49.1 Å². The third-order valence-corrected chi connectivity index (χ3v) is 8.39. The average molecular weight is 593 g/mol. The Labute approximate surface area is 254 Å². The summed E-state index contributed by atoms with van der Waals surface area (Å²) in [5.41, 5.74) is 3.96. The summed E-state index contributed by atoms with van der Waals surface area (Å²) < 4.78 is 13.7. The smallest absolute Gasteiger partial charge is 0.271 e. The lowest BCUT2D eigenvalue weighted by Crippen LogP contribution is -2.43. The van der Waals surface area contributed by atoms with Gasteiger partial charge in [-0.25, -0.2) is 4.99 Å². The van der Waals surface area contributed by atoms with E-state index in [0.717, 1.165) is 16.7 Å². The van der Waals surface area contributed by atoms with E-state index in [2.05, 4.69) is 6.07 Å². The normalized spacial score (nSPS) is 14.5. The molecule has 1 atom stereocenters. The SMILES string of the molecule is CCN(CC)C(=O)C1=C(C)N=c2s/c(=C/c3ccc(OCc4ccc(C#N)cc4)cc3)c(=O)n2[C@@H]1c1ccccc1OC. The van der Waals surface area contributed by atoms with Gasteiger partial charge in [-0.2, -0.15) is 5.26 Å². The molecule has 0 spiro atoms. The highest BCUT2D eigenvalue weighted by molar-refractivity contribution is 7.07. The lowest BCUT2D eigenvalue weighted by Gasteiger charge is -2.29. The quantitative estimate of drug-likeness (QED) is 0.284. The molecule has 0 unspecified atom stereocenters. The molecule has 43 heavy (non-hydrogen) atoms. The highest BCUT2D eigenvalue weighted by Gasteiger charge is 2.35. The second kappa shape index (κ2) is 12.9. The van der Waals surface area contributed by atoms with Crippen LogP contribution in [-0.2, 0) is 11.4 Å². The van der Waals surface area contributed by atoms with Crippen LogP contribution in [0.3, 0.4) is 0 Å². The maximum Gasteiger partial charge on any atom is 0.271 e. The lowest BCUT2D eigenvalue weighted by molar-refractivity contribution is -0.127. The van der Waals surface area contributed by atoms with Gasteiger partial charge in [-0.1, -0.05) is 53.8 Å². The minimum Gasteiger partial charge on any atom is -0.496 e. The molecule has 4 aromatic rings. The van der Waals surface area contributed by atoms with Crippen LogP contribution in [0.15, 0.2) is 93.9 Å². The molecular formula is C34H32N4O4S. The zero-order chi connectivity index (χ0) is 30.5. The molecule has 1 aliphatic rings. The van der Waals surface area contributed by atoms with Gasteiger partial charge in [-0.15, -0.1) is 0 Å². The predicted molar refractivity (Wildman–Crippen MR) is 167 cm³/mol. The second-order valence-electron chi connectivity index (χ2n) is 9.97. The van der Waals surface area contributed by atoms with Crippen LogP contribution < -0.4 is 24.4 Å². The average Bonchev–Trinajstić information content (AvgIpc) is 3.34. The van der Waals surface area contributed by atoms with E-state index >= 15 is 0 Å².